The summed E-state index contributed by atoms with van der Waals surface area (Å²) in [6, 6.07) is 8.66. The number of carbonyl (C=O) groups is 1. The zero-order chi connectivity index (χ0) is 20.9. The molecule has 1 unspecified atom stereocenters. The molecule has 7 nitrogen and oxygen atoms in total. The molecular formula is C23H27N5O2. The zero-order valence-electron chi connectivity index (χ0n) is 17.7. The Morgan fingerprint density at radius 3 is 2.83 bits per heavy atom. The van der Waals surface area contributed by atoms with E-state index in [1.807, 2.05) is 6.07 Å². The molecule has 1 amide bonds. The molecule has 1 aliphatic carbocycles. The fraction of sp³-hybridized carbons (Fsp3) is 0.435. The van der Waals surface area contributed by atoms with Crippen molar-refractivity contribution < 1.29 is 9.53 Å². The number of benzene rings is 1. The van der Waals surface area contributed by atoms with Crippen molar-refractivity contribution in [1.29, 1.82) is 0 Å². The van der Waals surface area contributed by atoms with Crippen molar-refractivity contribution in [3.63, 3.8) is 0 Å². The van der Waals surface area contributed by atoms with E-state index in [1.54, 1.807) is 7.11 Å². The molecule has 30 heavy (non-hydrogen) atoms. The van der Waals surface area contributed by atoms with E-state index in [2.05, 4.69) is 63.5 Å². The van der Waals surface area contributed by atoms with E-state index in [1.165, 1.54) is 5.56 Å². The topological polar surface area (TPSA) is 70.6 Å². The van der Waals surface area contributed by atoms with Crippen molar-refractivity contribution >= 4 is 17.4 Å². The maximum Gasteiger partial charge on any atom is 0.318 e. The number of anilines is 2. The lowest BCUT2D eigenvalue weighted by molar-refractivity contribution is -0.122. The molecule has 0 fully saturated rings. The molecule has 7 heteroatoms. The lowest BCUT2D eigenvalue weighted by atomic mass is 9.65. The Bertz CT molecular complexity index is 1050. The number of aromatic nitrogens is 2. The van der Waals surface area contributed by atoms with Crippen LogP contribution in [-0.4, -0.2) is 48.0 Å². The number of carbonyl (C=O) groups excluding carboxylic acids is 1. The van der Waals surface area contributed by atoms with Crippen LogP contribution < -0.4 is 15.0 Å². The molecule has 1 aromatic carbocycles. The number of likely N-dealkylation sites (N-methyl/N-ethyl adjacent to an activating group) is 1. The van der Waals surface area contributed by atoms with Crippen LogP contribution in [0.25, 0.3) is 0 Å². The van der Waals surface area contributed by atoms with Gasteiger partial charge < -0.3 is 19.9 Å². The van der Waals surface area contributed by atoms with Gasteiger partial charge in [-0.2, -0.15) is 9.97 Å². The average Bonchev–Trinajstić information content (AvgIpc) is 2.74. The number of hydrogen-bond donors (Lipinski definition) is 1. The Kier molecular flexibility index (Phi) is 4.41. The number of nitrogens with zero attached hydrogens (tertiary/aromatic N) is 4. The molecule has 0 radical (unpaired) electrons. The number of nitrogens with one attached hydrogen (secondary N) is 1. The molecule has 3 aliphatic rings. The minimum Gasteiger partial charge on any atom is -0.467 e. The van der Waals surface area contributed by atoms with Gasteiger partial charge in [-0.05, 0) is 37.3 Å². The summed E-state index contributed by atoms with van der Waals surface area (Å²) in [6.07, 6.45) is 5.49. The van der Waals surface area contributed by atoms with Gasteiger partial charge in [0.1, 0.15) is 5.69 Å². The van der Waals surface area contributed by atoms with E-state index in [0.717, 1.165) is 49.3 Å². The molecule has 1 N–H and O–H groups in total. The summed E-state index contributed by atoms with van der Waals surface area (Å²) >= 11 is 0. The van der Waals surface area contributed by atoms with Crippen LogP contribution in [0.2, 0.25) is 0 Å². The first-order chi connectivity index (χ1) is 14.5. The first-order valence-electron chi connectivity index (χ1n) is 10.5. The molecule has 1 spiro atoms. The molecule has 3 heterocycles. The molecule has 2 aliphatic heterocycles. The summed E-state index contributed by atoms with van der Waals surface area (Å²) in [4.78, 5) is 27.2. The van der Waals surface area contributed by atoms with Crippen LogP contribution in [0.5, 0.6) is 6.01 Å². The molecule has 5 rings (SSSR count). The number of methoxy groups -OCH3 is 1. The van der Waals surface area contributed by atoms with Gasteiger partial charge in [-0.25, -0.2) is 0 Å². The average molecular weight is 406 g/mol. The number of aryl methyl sites for hydroxylation is 1. The summed E-state index contributed by atoms with van der Waals surface area (Å²) in [5.74, 6) is 0.763. The Hall–Kier alpha value is -3.09. The van der Waals surface area contributed by atoms with Gasteiger partial charge in [0, 0.05) is 38.5 Å². The van der Waals surface area contributed by atoms with Crippen LogP contribution >= 0.6 is 0 Å². The molecule has 156 valence electrons. The third kappa shape index (κ3) is 2.83. The monoisotopic (exact) mass is 405 g/mol. The molecule has 0 bridgehead atoms. The smallest absolute Gasteiger partial charge is 0.318 e. The number of fused-ring (bicyclic) bond motifs is 3. The fourth-order valence-corrected chi connectivity index (χ4v) is 5.11. The van der Waals surface area contributed by atoms with E-state index in [0.29, 0.717) is 23.9 Å². The van der Waals surface area contributed by atoms with Gasteiger partial charge in [0.05, 0.1) is 18.2 Å². The van der Waals surface area contributed by atoms with E-state index >= 15 is 0 Å². The van der Waals surface area contributed by atoms with Crippen LogP contribution in [0.3, 0.4) is 0 Å². The molecular weight excluding hydrogens is 378 g/mol. The third-order valence-electron chi connectivity index (χ3n) is 6.62. The Morgan fingerprint density at radius 1 is 1.20 bits per heavy atom. The summed E-state index contributed by atoms with van der Waals surface area (Å²) in [7, 11) is 3.65. The zero-order valence-corrected chi connectivity index (χ0v) is 17.7. The van der Waals surface area contributed by atoms with Crippen molar-refractivity contribution in [2.24, 2.45) is 0 Å². The van der Waals surface area contributed by atoms with E-state index < -0.39 is 5.41 Å². The number of hydrogen-bond acceptors (Lipinski definition) is 6. The van der Waals surface area contributed by atoms with Crippen LogP contribution in [-0.2, 0) is 23.1 Å². The summed E-state index contributed by atoms with van der Waals surface area (Å²) in [6.45, 7) is 3.72. The Morgan fingerprint density at radius 2 is 2.03 bits per heavy atom. The van der Waals surface area contributed by atoms with Gasteiger partial charge in [0.25, 0.3) is 0 Å². The number of amides is 1. The first-order valence-corrected chi connectivity index (χ1v) is 10.5. The highest BCUT2D eigenvalue weighted by Crippen LogP contribution is 2.46. The van der Waals surface area contributed by atoms with Crippen LogP contribution in [0.4, 0.5) is 11.5 Å². The standard InChI is InChI=1S/C23H27N5O2/c1-15-14-27(2)11-12-28(15)20-19-18(24-22(26-20)30-3)13-23(21(29)25-19)10-6-8-16-7-4-5-9-17(16)23/h4-5,7,9,14H,6,8,10-13H2,1-3H3,(H,25,29). The first kappa shape index (κ1) is 18.9. The lowest BCUT2D eigenvalue weighted by Gasteiger charge is -2.42. The SMILES string of the molecule is COc1nc2c(c(N3CCN(C)C=C3C)n1)NC(=O)C1(CCCc3ccccc31)C2. The maximum absolute atomic E-state index is 13.6. The summed E-state index contributed by atoms with van der Waals surface area (Å²) < 4.78 is 5.45. The molecule has 0 saturated carbocycles. The van der Waals surface area contributed by atoms with Crippen molar-refractivity contribution in [3.05, 3.63) is 53.0 Å². The minimum atomic E-state index is -0.578. The van der Waals surface area contributed by atoms with Gasteiger partial charge in [0.15, 0.2) is 5.82 Å². The third-order valence-corrected chi connectivity index (χ3v) is 6.62. The van der Waals surface area contributed by atoms with Gasteiger partial charge in [-0.3, -0.25) is 4.79 Å². The predicted octanol–water partition coefficient (Wildman–Crippen LogP) is 2.87. The Balaban J connectivity index is 1.63. The van der Waals surface area contributed by atoms with Crippen molar-refractivity contribution in [2.45, 2.75) is 38.0 Å². The van der Waals surface area contributed by atoms with Gasteiger partial charge in [0.2, 0.25) is 5.91 Å². The van der Waals surface area contributed by atoms with Crippen LogP contribution in [0, 0.1) is 0 Å². The maximum atomic E-state index is 13.6. The quantitative estimate of drug-likeness (QED) is 0.829. The second-order valence-electron chi connectivity index (χ2n) is 8.48. The summed E-state index contributed by atoms with van der Waals surface area (Å²) in [5, 5.41) is 3.21. The number of ether oxygens (including phenoxy) is 1. The van der Waals surface area contributed by atoms with Crippen molar-refractivity contribution in [2.75, 3.05) is 37.5 Å². The van der Waals surface area contributed by atoms with Gasteiger partial charge in [-0.1, -0.05) is 24.3 Å². The highest BCUT2D eigenvalue weighted by Gasteiger charge is 2.48. The number of rotatable bonds is 2. The normalized spacial score (nSPS) is 22.9. The predicted molar refractivity (Wildman–Crippen MR) is 116 cm³/mol. The number of allylic oxidation sites excluding steroid dienone is 1. The van der Waals surface area contributed by atoms with Crippen molar-refractivity contribution in [3.8, 4) is 6.01 Å². The van der Waals surface area contributed by atoms with Crippen LogP contribution in [0.15, 0.2) is 36.2 Å². The minimum absolute atomic E-state index is 0.0490. The van der Waals surface area contributed by atoms with Gasteiger partial charge in [-0.15, -0.1) is 0 Å². The second-order valence-corrected chi connectivity index (χ2v) is 8.48. The largest absolute Gasteiger partial charge is 0.467 e. The highest BCUT2D eigenvalue weighted by atomic mass is 16.5. The summed E-state index contributed by atoms with van der Waals surface area (Å²) in [5.41, 5.74) is 4.46. The van der Waals surface area contributed by atoms with Gasteiger partial charge >= 0.3 is 6.01 Å². The molecule has 0 saturated heterocycles. The highest BCUT2D eigenvalue weighted by molar-refractivity contribution is 6.04. The molecule has 1 atom stereocenters. The van der Waals surface area contributed by atoms with Crippen molar-refractivity contribution in [1.82, 2.24) is 14.9 Å². The van der Waals surface area contributed by atoms with E-state index in [9.17, 15) is 4.79 Å². The van der Waals surface area contributed by atoms with E-state index in [-0.39, 0.29) is 5.91 Å². The van der Waals surface area contributed by atoms with E-state index in [4.69, 9.17) is 4.74 Å². The second kappa shape index (κ2) is 7.00. The Labute approximate surface area is 176 Å². The lowest BCUT2D eigenvalue weighted by Crippen LogP contribution is -2.48. The fourth-order valence-electron chi connectivity index (χ4n) is 5.11. The molecule has 1 aromatic heterocycles. The molecule has 2 aromatic rings. The van der Waals surface area contributed by atoms with Crippen LogP contribution in [0.1, 0.15) is 36.6 Å².